The minimum absolute atomic E-state index is 0.0133. The first-order valence-corrected chi connectivity index (χ1v) is 10.7. The molecule has 1 atom stereocenters. The van der Waals surface area contributed by atoms with E-state index < -0.39 is 0 Å². The molecule has 160 valence electrons. The molecule has 4 nitrogen and oxygen atoms in total. The third-order valence-electron chi connectivity index (χ3n) is 6.25. The van der Waals surface area contributed by atoms with Crippen LogP contribution in [-0.2, 0) is 11.2 Å². The van der Waals surface area contributed by atoms with Gasteiger partial charge in [-0.1, -0.05) is 33.4 Å². The van der Waals surface area contributed by atoms with Crippen molar-refractivity contribution < 1.29 is 9.53 Å². The SMILES string of the molecule is C=C1C=C2c3cc(OC)c(-c4ccc(C)nc4)cc3CC(C(C)(C)C)N2C=C1C(C)=O. The van der Waals surface area contributed by atoms with Crippen LogP contribution >= 0.6 is 0 Å². The minimum Gasteiger partial charge on any atom is -0.496 e. The molecule has 3 heterocycles. The van der Waals surface area contributed by atoms with Crippen LogP contribution in [0.2, 0.25) is 0 Å². The third kappa shape index (κ3) is 3.71. The molecule has 0 aliphatic carbocycles. The summed E-state index contributed by atoms with van der Waals surface area (Å²) in [5, 5.41) is 0. The molecule has 1 unspecified atom stereocenters. The molecule has 0 bridgehead atoms. The predicted octanol–water partition coefficient (Wildman–Crippen LogP) is 5.72. The molecular weight excluding hydrogens is 384 g/mol. The average Bonchev–Trinajstić information content (AvgIpc) is 2.71. The number of ether oxygens (including phenoxy) is 1. The van der Waals surface area contributed by atoms with Crippen LogP contribution in [0.15, 0.2) is 60.5 Å². The van der Waals surface area contributed by atoms with Crippen LogP contribution in [0.1, 0.15) is 44.5 Å². The molecule has 4 heteroatoms. The Hall–Kier alpha value is -3.14. The number of hydrogen-bond donors (Lipinski definition) is 0. The van der Waals surface area contributed by atoms with E-state index in [1.807, 2.05) is 31.5 Å². The minimum atomic E-state index is 0.0133. The molecule has 2 aromatic rings. The number of carbonyl (C=O) groups excluding carboxylic acids is 1. The van der Waals surface area contributed by atoms with E-state index in [1.165, 1.54) is 5.56 Å². The number of nitrogens with zero attached hydrogens (tertiary/aromatic N) is 2. The van der Waals surface area contributed by atoms with Gasteiger partial charge in [-0.05, 0) is 61.1 Å². The number of fused-ring (bicyclic) bond motifs is 3. The fourth-order valence-electron chi connectivity index (χ4n) is 4.48. The summed E-state index contributed by atoms with van der Waals surface area (Å²) < 4.78 is 5.79. The highest BCUT2D eigenvalue weighted by molar-refractivity contribution is 6.00. The number of hydrogen-bond acceptors (Lipinski definition) is 4. The first-order valence-electron chi connectivity index (χ1n) is 10.7. The van der Waals surface area contributed by atoms with E-state index in [2.05, 4.69) is 55.4 Å². The van der Waals surface area contributed by atoms with Crippen LogP contribution < -0.4 is 4.74 Å². The van der Waals surface area contributed by atoms with Crippen molar-refractivity contribution in [3.05, 3.63) is 77.3 Å². The van der Waals surface area contributed by atoms with E-state index in [1.54, 1.807) is 14.0 Å². The Morgan fingerprint density at radius 3 is 2.55 bits per heavy atom. The molecule has 0 N–H and O–H groups in total. The van der Waals surface area contributed by atoms with Crippen LogP contribution in [0.5, 0.6) is 5.75 Å². The summed E-state index contributed by atoms with van der Waals surface area (Å²) in [7, 11) is 1.70. The van der Waals surface area contributed by atoms with Crippen LogP contribution in [0, 0.1) is 12.3 Å². The first kappa shape index (κ1) is 21.1. The van der Waals surface area contributed by atoms with Gasteiger partial charge in [-0.15, -0.1) is 0 Å². The van der Waals surface area contributed by atoms with Gasteiger partial charge in [0, 0.05) is 52.1 Å². The first-order chi connectivity index (χ1) is 14.6. The molecule has 0 saturated heterocycles. The van der Waals surface area contributed by atoms with Gasteiger partial charge in [0.15, 0.2) is 5.78 Å². The summed E-state index contributed by atoms with van der Waals surface area (Å²) in [5.41, 5.74) is 7.99. The molecular formula is C27H30N2O2. The zero-order valence-corrected chi connectivity index (χ0v) is 19.2. The largest absolute Gasteiger partial charge is 0.496 e. The van der Waals surface area contributed by atoms with Gasteiger partial charge in [-0.3, -0.25) is 9.78 Å². The van der Waals surface area contributed by atoms with E-state index in [0.29, 0.717) is 5.57 Å². The van der Waals surface area contributed by atoms with Gasteiger partial charge in [0.2, 0.25) is 0 Å². The molecule has 0 radical (unpaired) electrons. The second kappa shape index (κ2) is 7.52. The van der Waals surface area contributed by atoms with E-state index in [0.717, 1.165) is 45.8 Å². The zero-order chi connectivity index (χ0) is 22.5. The van der Waals surface area contributed by atoms with Crippen molar-refractivity contribution in [3.8, 4) is 16.9 Å². The molecule has 0 saturated carbocycles. The normalized spacial score (nSPS) is 18.1. The molecule has 2 aliphatic heterocycles. The van der Waals surface area contributed by atoms with Gasteiger partial charge >= 0.3 is 0 Å². The van der Waals surface area contributed by atoms with Gasteiger partial charge in [-0.2, -0.15) is 0 Å². The summed E-state index contributed by atoms with van der Waals surface area (Å²) >= 11 is 0. The van der Waals surface area contributed by atoms with Crippen LogP contribution in [0.3, 0.4) is 0 Å². The Morgan fingerprint density at radius 2 is 1.97 bits per heavy atom. The zero-order valence-electron chi connectivity index (χ0n) is 19.2. The highest BCUT2D eigenvalue weighted by Crippen LogP contribution is 2.46. The lowest BCUT2D eigenvalue weighted by Crippen LogP contribution is -2.45. The summed E-state index contributed by atoms with van der Waals surface area (Å²) in [6, 6.07) is 8.68. The van der Waals surface area contributed by atoms with Gasteiger partial charge in [0.25, 0.3) is 0 Å². The van der Waals surface area contributed by atoms with Gasteiger partial charge in [-0.25, -0.2) is 0 Å². The van der Waals surface area contributed by atoms with Crippen molar-refractivity contribution in [2.75, 3.05) is 7.11 Å². The smallest absolute Gasteiger partial charge is 0.161 e. The summed E-state index contributed by atoms with van der Waals surface area (Å²) in [5.74, 6) is 0.852. The lowest BCUT2D eigenvalue weighted by Gasteiger charge is -2.46. The van der Waals surface area contributed by atoms with E-state index >= 15 is 0 Å². The molecule has 1 aromatic carbocycles. The molecule has 0 spiro atoms. The fraction of sp³-hybridized carbons (Fsp3) is 0.333. The summed E-state index contributed by atoms with van der Waals surface area (Å²) in [6.45, 7) is 14.5. The van der Waals surface area contributed by atoms with Crippen LogP contribution in [0.4, 0.5) is 0 Å². The highest BCUT2D eigenvalue weighted by atomic mass is 16.5. The molecule has 31 heavy (non-hydrogen) atoms. The maximum atomic E-state index is 12.2. The monoisotopic (exact) mass is 414 g/mol. The standard InChI is InChI=1S/C27H30N2O2/c1-16-10-24-21-13-25(31-7)22(19-9-8-17(2)28-14-19)11-20(21)12-26(27(4,5)6)29(24)15-23(16)18(3)30/h8-11,13-15,26H,1,12H2,2-7H3. The van der Waals surface area contributed by atoms with Crippen LogP contribution in [-0.4, -0.2) is 28.8 Å². The number of aryl methyl sites for hydroxylation is 1. The topological polar surface area (TPSA) is 42.4 Å². The van der Waals surface area contributed by atoms with Crippen molar-refractivity contribution in [1.82, 2.24) is 9.88 Å². The number of aromatic nitrogens is 1. The Bertz CT molecular complexity index is 1130. The van der Waals surface area contributed by atoms with Crippen molar-refractivity contribution in [2.24, 2.45) is 5.41 Å². The number of methoxy groups -OCH3 is 1. The van der Waals surface area contributed by atoms with E-state index in [9.17, 15) is 4.79 Å². The molecule has 0 fully saturated rings. The second-order valence-electron chi connectivity index (χ2n) is 9.54. The molecule has 4 rings (SSSR count). The lowest BCUT2D eigenvalue weighted by atomic mass is 9.76. The van der Waals surface area contributed by atoms with Crippen molar-refractivity contribution in [3.63, 3.8) is 0 Å². The number of benzene rings is 1. The number of rotatable bonds is 3. The van der Waals surface area contributed by atoms with E-state index in [-0.39, 0.29) is 17.2 Å². The van der Waals surface area contributed by atoms with Crippen molar-refractivity contribution >= 4 is 11.5 Å². The number of carbonyl (C=O) groups is 1. The molecule has 2 aliphatic rings. The predicted molar refractivity (Wildman–Crippen MR) is 126 cm³/mol. The number of Topliss-reactive ketones (excluding diaryl/α,β-unsaturated/α-hetero) is 1. The summed E-state index contributed by atoms with van der Waals surface area (Å²) in [6.07, 6.45) is 6.81. The maximum Gasteiger partial charge on any atom is 0.161 e. The Labute approximate surface area is 185 Å². The number of allylic oxidation sites excluding steroid dienone is 3. The second-order valence-corrected chi connectivity index (χ2v) is 9.54. The highest BCUT2D eigenvalue weighted by Gasteiger charge is 2.38. The van der Waals surface area contributed by atoms with Crippen molar-refractivity contribution in [2.45, 2.75) is 47.1 Å². The third-order valence-corrected chi connectivity index (χ3v) is 6.25. The lowest BCUT2D eigenvalue weighted by molar-refractivity contribution is -0.113. The van der Waals surface area contributed by atoms with E-state index in [4.69, 9.17) is 4.74 Å². The van der Waals surface area contributed by atoms with Gasteiger partial charge in [0.05, 0.1) is 7.11 Å². The molecule has 1 aromatic heterocycles. The fourth-order valence-corrected chi connectivity index (χ4v) is 4.48. The number of pyridine rings is 1. The molecule has 0 amide bonds. The average molecular weight is 415 g/mol. The number of ketones is 1. The Kier molecular flexibility index (Phi) is 5.12. The Morgan fingerprint density at radius 1 is 1.23 bits per heavy atom. The van der Waals surface area contributed by atoms with Crippen LogP contribution in [0.25, 0.3) is 16.8 Å². The quantitative estimate of drug-likeness (QED) is 0.644. The van der Waals surface area contributed by atoms with Crippen molar-refractivity contribution in [1.29, 1.82) is 0 Å². The summed E-state index contributed by atoms with van der Waals surface area (Å²) in [4.78, 5) is 18.9. The van der Waals surface area contributed by atoms with Gasteiger partial charge < -0.3 is 9.64 Å². The van der Waals surface area contributed by atoms with Gasteiger partial charge in [0.1, 0.15) is 5.75 Å². The maximum absolute atomic E-state index is 12.2. The Balaban J connectivity index is 1.91.